The van der Waals surface area contributed by atoms with Crippen LogP contribution in [-0.4, -0.2) is 44.4 Å². The number of halogens is 2. The molecule has 2 heterocycles. The molecule has 6 rings (SSSR count). The maximum absolute atomic E-state index is 15.4. The fourth-order valence-corrected chi connectivity index (χ4v) is 7.67. The van der Waals surface area contributed by atoms with E-state index in [0.29, 0.717) is 13.2 Å². The van der Waals surface area contributed by atoms with Crippen molar-refractivity contribution in [2.75, 3.05) is 33.9 Å². The highest BCUT2D eigenvalue weighted by Crippen LogP contribution is 2.45. The zero-order chi connectivity index (χ0) is 26.9. The number of aryl methyl sites for hydroxylation is 1. The number of fused-ring (bicyclic) bond motifs is 2. The van der Waals surface area contributed by atoms with Crippen LogP contribution in [-0.2, 0) is 29.6 Å². The largest absolute Gasteiger partial charge is 0.493 e. The standard InChI is InChI=1S/C34H40FNO3.ClH/c1-37-31-20-25-14-17-33(22-27(25)21-32(31)38-2)15-7-8-18-36(33)19-9-16-34(29-12-5-6-13-30(29)35)24-39-23-26-10-3-4-11-28(26)34;/h3-6,10-13,20-21H,7-9,14-19,22-24H2,1-2H3;1H. The molecule has 2 aliphatic heterocycles. The van der Waals surface area contributed by atoms with E-state index in [9.17, 15) is 0 Å². The fourth-order valence-electron chi connectivity index (χ4n) is 7.67. The van der Waals surface area contributed by atoms with Crippen molar-refractivity contribution in [3.8, 4) is 11.5 Å². The summed E-state index contributed by atoms with van der Waals surface area (Å²) in [6, 6.07) is 20.1. The molecule has 2 unspecified atom stereocenters. The number of ether oxygens (including phenoxy) is 3. The van der Waals surface area contributed by atoms with Crippen molar-refractivity contribution in [3.05, 3.63) is 94.3 Å². The Kier molecular flexibility index (Phi) is 8.75. The lowest BCUT2D eigenvalue weighted by atomic mass is 9.68. The third kappa shape index (κ3) is 5.13. The van der Waals surface area contributed by atoms with Gasteiger partial charge in [-0.15, -0.1) is 12.4 Å². The van der Waals surface area contributed by atoms with Gasteiger partial charge in [-0.05, 0) is 98.5 Å². The first kappa shape index (κ1) is 28.9. The molecule has 0 bridgehead atoms. The molecule has 214 valence electrons. The summed E-state index contributed by atoms with van der Waals surface area (Å²) in [5, 5.41) is 0. The Labute approximate surface area is 244 Å². The molecule has 3 aromatic carbocycles. The van der Waals surface area contributed by atoms with Crippen molar-refractivity contribution < 1.29 is 18.6 Å². The van der Waals surface area contributed by atoms with Gasteiger partial charge in [-0.25, -0.2) is 4.39 Å². The number of nitrogens with zero attached hydrogens (tertiary/aromatic N) is 1. The van der Waals surface area contributed by atoms with E-state index in [-0.39, 0.29) is 23.8 Å². The third-order valence-corrected chi connectivity index (χ3v) is 9.64. The van der Waals surface area contributed by atoms with Crippen LogP contribution in [0.5, 0.6) is 11.5 Å². The zero-order valence-electron chi connectivity index (χ0n) is 23.7. The Balaban J connectivity index is 0.00000323. The van der Waals surface area contributed by atoms with Crippen molar-refractivity contribution >= 4 is 12.4 Å². The topological polar surface area (TPSA) is 30.9 Å². The highest BCUT2D eigenvalue weighted by molar-refractivity contribution is 5.85. The molecule has 0 aromatic heterocycles. The number of methoxy groups -OCH3 is 2. The number of hydrogen-bond acceptors (Lipinski definition) is 4. The van der Waals surface area contributed by atoms with Gasteiger partial charge < -0.3 is 14.2 Å². The van der Waals surface area contributed by atoms with Crippen LogP contribution in [0.3, 0.4) is 0 Å². The minimum absolute atomic E-state index is 0. The lowest BCUT2D eigenvalue weighted by molar-refractivity contribution is 0.0258. The Hall–Kier alpha value is -2.60. The minimum Gasteiger partial charge on any atom is -0.493 e. The summed E-state index contributed by atoms with van der Waals surface area (Å²) in [6.45, 7) is 3.25. The van der Waals surface area contributed by atoms with Gasteiger partial charge in [0, 0.05) is 16.5 Å². The van der Waals surface area contributed by atoms with Crippen LogP contribution in [0.4, 0.5) is 4.39 Å². The molecule has 4 nitrogen and oxygen atoms in total. The van der Waals surface area contributed by atoms with E-state index < -0.39 is 5.41 Å². The lowest BCUT2D eigenvalue weighted by Crippen LogP contribution is -2.55. The average Bonchev–Trinajstić information content (AvgIpc) is 2.98. The van der Waals surface area contributed by atoms with E-state index in [0.717, 1.165) is 55.8 Å². The predicted molar refractivity (Wildman–Crippen MR) is 159 cm³/mol. The van der Waals surface area contributed by atoms with Crippen LogP contribution >= 0.6 is 12.4 Å². The van der Waals surface area contributed by atoms with E-state index in [1.54, 1.807) is 26.4 Å². The highest BCUT2D eigenvalue weighted by atomic mass is 35.5. The second-order valence-corrected chi connectivity index (χ2v) is 11.6. The van der Waals surface area contributed by atoms with Crippen molar-refractivity contribution in [2.45, 2.75) is 68.9 Å². The maximum atomic E-state index is 15.4. The van der Waals surface area contributed by atoms with Gasteiger partial charge in [0.25, 0.3) is 0 Å². The van der Waals surface area contributed by atoms with E-state index >= 15 is 4.39 Å². The molecule has 1 fully saturated rings. The van der Waals surface area contributed by atoms with E-state index in [4.69, 9.17) is 14.2 Å². The normalized spacial score (nSPS) is 24.1. The first-order valence-corrected chi connectivity index (χ1v) is 14.5. The monoisotopic (exact) mass is 565 g/mol. The Morgan fingerprint density at radius 1 is 0.875 bits per heavy atom. The van der Waals surface area contributed by atoms with Crippen LogP contribution < -0.4 is 9.47 Å². The summed E-state index contributed by atoms with van der Waals surface area (Å²) in [6.07, 6.45) is 8.88. The number of piperidine rings is 1. The van der Waals surface area contributed by atoms with Gasteiger partial charge in [-0.3, -0.25) is 4.90 Å². The molecule has 1 spiro atoms. The first-order valence-electron chi connectivity index (χ1n) is 14.5. The van der Waals surface area contributed by atoms with Gasteiger partial charge >= 0.3 is 0 Å². The summed E-state index contributed by atoms with van der Waals surface area (Å²) in [7, 11) is 3.43. The number of likely N-dealkylation sites (tertiary alicyclic amines) is 1. The molecule has 0 saturated carbocycles. The van der Waals surface area contributed by atoms with Crippen LogP contribution in [0.1, 0.15) is 66.3 Å². The van der Waals surface area contributed by atoms with E-state index in [1.807, 2.05) is 12.1 Å². The quantitative estimate of drug-likeness (QED) is 0.301. The SMILES string of the molecule is COc1cc2c(cc1OC)CC1(CCCCN1CCCC1(c3ccccc3F)COCc3ccccc31)CC2.Cl. The molecular weight excluding hydrogens is 525 g/mol. The average molecular weight is 566 g/mol. The summed E-state index contributed by atoms with van der Waals surface area (Å²) in [5.74, 6) is 1.50. The van der Waals surface area contributed by atoms with Crippen LogP contribution in [0.2, 0.25) is 0 Å². The van der Waals surface area contributed by atoms with Crippen molar-refractivity contribution in [1.82, 2.24) is 4.90 Å². The number of hydrogen-bond donors (Lipinski definition) is 0. The van der Waals surface area contributed by atoms with Crippen LogP contribution in [0, 0.1) is 5.82 Å². The molecule has 3 aromatic rings. The lowest BCUT2D eigenvalue weighted by Gasteiger charge is -2.50. The summed E-state index contributed by atoms with van der Waals surface area (Å²) in [5.41, 5.74) is 5.65. The van der Waals surface area contributed by atoms with Crippen LogP contribution in [0.15, 0.2) is 60.7 Å². The first-order chi connectivity index (χ1) is 19.1. The van der Waals surface area contributed by atoms with Gasteiger partial charge in [0.05, 0.1) is 27.4 Å². The molecular formula is C34H41ClFNO3. The Morgan fingerprint density at radius 2 is 1.60 bits per heavy atom. The Bertz CT molecular complexity index is 1330. The van der Waals surface area contributed by atoms with Gasteiger partial charge in [0.2, 0.25) is 0 Å². The van der Waals surface area contributed by atoms with Gasteiger partial charge in [0.1, 0.15) is 5.82 Å². The molecule has 0 radical (unpaired) electrons. The minimum atomic E-state index is -0.466. The highest BCUT2D eigenvalue weighted by Gasteiger charge is 2.43. The summed E-state index contributed by atoms with van der Waals surface area (Å²) in [4.78, 5) is 2.76. The Morgan fingerprint density at radius 3 is 2.38 bits per heavy atom. The summed E-state index contributed by atoms with van der Waals surface area (Å²) >= 11 is 0. The predicted octanol–water partition coefficient (Wildman–Crippen LogP) is 7.27. The van der Waals surface area contributed by atoms with Gasteiger partial charge in [-0.1, -0.05) is 48.9 Å². The van der Waals surface area contributed by atoms with E-state index in [1.165, 1.54) is 47.9 Å². The van der Waals surface area contributed by atoms with E-state index in [2.05, 4.69) is 41.3 Å². The fraction of sp³-hybridized carbons (Fsp3) is 0.471. The van der Waals surface area contributed by atoms with Crippen molar-refractivity contribution in [3.63, 3.8) is 0 Å². The molecule has 0 N–H and O–H groups in total. The second kappa shape index (κ2) is 12.1. The molecule has 2 atom stereocenters. The van der Waals surface area contributed by atoms with Crippen LogP contribution in [0.25, 0.3) is 0 Å². The molecule has 6 heteroatoms. The molecule has 1 aliphatic carbocycles. The third-order valence-electron chi connectivity index (χ3n) is 9.64. The van der Waals surface area contributed by atoms with Gasteiger partial charge in [-0.2, -0.15) is 0 Å². The number of benzene rings is 3. The summed E-state index contributed by atoms with van der Waals surface area (Å²) < 4.78 is 32.7. The number of rotatable bonds is 7. The molecule has 3 aliphatic rings. The zero-order valence-corrected chi connectivity index (χ0v) is 24.5. The molecule has 1 saturated heterocycles. The second-order valence-electron chi connectivity index (χ2n) is 11.6. The molecule has 40 heavy (non-hydrogen) atoms. The van der Waals surface area contributed by atoms with Gasteiger partial charge in [0.15, 0.2) is 11.5 Å². The maximum Gasteiger partial charge on any atom is 0.161 e. The van der Waals surface area contributed by atoms with Crippen molar-refractivity contribution in [1.29, 1.82) is 0 Å². The molecule has 0 amide bonds. The van der Waals surface area contributed by atoms with Crippen molar-refractivity contribution in [2.24, 2.45) is 0 Å². The smallest absolute Gasteiger partial charge is 0.161 e.